The Morgan fingerprint density at radius 3 is 1.26 bits per heavy atom. The Morgan fingerprint density at radius 1 is 0.429 bits per heavy atom. The Hall–Kier alpha value is -9.42. The number of imidazole rings is 2. The number of rotatable bonds is 11. The Labute approximate surface area is 403 Å². The van der Waals surface area contributed by atoms with Crippen molar-refractivity contribution in [1.29, 1.82) is 0 Å². The van der Waals surface area contributed by atoms with E-state index >= 15 is 0 Å². The first-order valence-electron chi connectivity index (χ1n) is 22.8. The summed E-state index contributed by atoms with van der Waals surface area (Å²) in [5.74, 6) is 2.26. The van der Waals surface area contributed by atoms with Crippen molar-refractivity contribution in [1.82, 2.24) is 29.1 Å². The van der Waals surface area contributed by atoms with Crippen molar-refractivity contribution in [2.45, 2.75) is 0 Å². The van der Waals surface area contributed by atoms with E-state index < -0.39 is 0 Å². The van der Waals surface area contributed by atoms with Crippen LogP contribution in [-0.4, -0.2) is 57.3 Å². The highest BCUT2D eigenvalue weighted by Crippen LogP contribution is 2.34. The number of para-hydroxylation sites is 4. The van der Waals surface area contributed by atoms with Crippen LogP contribution in [0.3, 0.4) is 0 Å². The number of aromatic nitrogens is 8. The molecular weight excluding hydrogens is 869 g/mol. The molecule has 12 heteroatoms. The summed E-state index contributed by atoms with van der Waals surface area (Å²) in [6.45, 7) is 0. The molecule has 6 aromatic carbocycles. The maximum atomic E-state index is 6.46. The third-order valence-electron chi connectivity index (χ3n) is 12.4. The summed E-state index contributed by atoms with van der Waals surface area (Å²) in [4.78, 5) is 22.8. The number of hydrogen-bond donors (Lipinski definition) is 0. The molecule has 0 saturated heterocycles. The van der Waals surface area contributed by atoms with Gasteiger partial charge in [-0.2, -0.15) is 0 Å². The molecule has 0 fully saturated rings. The predicted molar refractivity (Wildman–Crippen MR) is 274 cm³/mol. The van der Waals surface area contributed by atoms with Crippen LogP contribution in [0.25, 0.3) is 77.7 Å². The molecule has 0 N–H and O–H groups in total. The van der Waals surface area contributed by atoms with Gasteiger partial charge in [0.05, 0.1) is 68.6 Å². The summed E-state index contributed by atoms with van der Waals surface area (Å²) >= 11 is 0. The van der Waals surface area contributed by atoms with Gasteiger partial charge in [0.15, 0.2) is 0 Å². The van der Waals surface area contributed by atoms with E-state index in [9.17, 15) is 0 Å². The van der Waals surface area contributed by atoms with E-state index in [4.69, 9.17) is 9.47 Å². The van der Waals surface area contributed by atoms with Gasteiger partial charge in [-0.05, 0) is 70.1 Å². The summed E-state index contributed by atoms with van der Waals surface area (Å²) in [7, 11) is 8.26. The minimum atomic E-state index is 0.554. The molecule has 0 aliphatic rings. The zero-order chi connectivity index (χ0) is 47.3. The first-order chi connectivity index (χ1) is 34.3. The molecule has 0 bridgehead atoms. The lowest BCUT2D eigenvalue weighted by Gasteiger charge is -2.19. The molecule has 12 nitrogen and oxygen atoms in total. The van der Waals surface area contributed by atoms with Gasteiger partial charge in [0.1, 0.15) is 23.0 Å². The SMILES string of the molecule is CN(C)c1cc2ccccc2cc1-n1[c-][n+](-c2cncc(Oc3ccnc(-c4cc(Oc5cncc(-[n+]6[c-]n(-c7cc8ccccc8cc7N(C)C)c7ccccc76)c5)ccn4)c3)c2)c2ccccc21. The van der Waals surface area contributed by atoms with Crippen LogP contribution in [0.2, 0.25) is 0 Å². The zero-order valence-electron chi connectivity index (χ0n) is 38.8. The first kappa shape index (κ1) is 42.0. The van der Waals surface area contributed by atoms with Crippen molar-refractivity contribution in [2.75, 3.05) is 38.0 Å². The fourth-order valence-electron chi connectivity index (χ4n) is 9.04. The van der Waals surface area contributed by atoms with E-state index in [0.29, 0.717) is 34.4 Å². The lowest BCUT2D eigenvalue weighted by atomic mass is 10.1. The second-order valence-corrected chi connectivity index (χ2v) is 17.4. The van der Waals surface area contributed by atoms with Gasteiger partial charge in [0.25, 0.3) is 12.7 Å². The number of fused-ring (bicyclic) bond motifs is 4. The normalized spacial score (nSPS) is 11.4. The Morgan fingerprint density at radius 2 is 0.829 bits per heavy atom. The van der Waals surface area contributed by atoms with Crippen molar-refractivity contribution >= 4 is 55.0 Å². The minimum Gasteiger partial charge on any atom is -0.456 e. The summed E-state index contributed by atoms with van der Waals surface area (Å²) in [6.07, 6.45) is 17.7. The smallest absolute Gasteiger partial charge is 0.269 e. The number of nitrogens with zero attached hydrogens (tertiary/aromatic N) is 10. The molecule has 6 aromatic heterocycles. The van der Waals surface area contributed by atoms with Crippen molar-refractivity contribution in [2.24, 2.45) is 0 Å². The summed E-state index contributed by atoms with van der Waals surface area (Å²) in [5.41, 5.74) is 11.0. The maximum Gasteiger partial charge on any atom is 0.269 e. The summed E-state index contributed by atoms with van der Waals surface area (Å²) in [5, 5.41) is 4.65. The van der Waals surface area contributed by atoms with Gasteiger partial charge in [-0.3, -0.25) is 38.2 Å². The monoisotopic (exact) mass is 912 g/mol. The highest BCUT2D eigenvalue weighted by molar-refractivity contribution is 5.92. The van der Waals surface area contributed by atoms with Crippen molar-refractivity contribution in [3.63, 3.8) is 0 Å². The second-order valence-electron chi connectivity index (χ2n) is 17.4. The average molecular weight is 913 g/mol. The van der Waals surface area contributed by atoms with Gasteiger partial charge in [-0.25, -0.2) is 0 Å². The molecule has 0 saturated carbocycles. The zero-order valence-corrected chi connectivity index (χ0v) is 38.8. The average Bonchev–Trinajstić information content (AvgIpc) is 3.98. The van der Waals surface area contributed by atoms with Crippen LogP contribution in [0.1, 0.15) is 0 Å². The third-order valence-corrected chi connectivity index (χ3v) is 12.4. The molecule has 0 amide bonds. The molecule has 0 atom stereocenters. The highest BCUT2D eigenvalue weighted by atomic mass is 16.5. The maximum absolute atomic E-state index is 6.46. The van der Waals surface area contributed by atoms with Crippen LogP contribution in [0, 0.1) is 12.7 Å². The van der Waals surface area contributed by atoms with Crippen molar-refractivity contribution < 1.29 is 18.6 Å². The molecule has 0 radical (unpaired) electrons. The topological polar surface area (TPSA) is 94.1 Å². The number of anilines is 2. The molecule has 6 heterocycles. The molecule has 338 valence electrons. The van der Waals surface area contributed by atoms with Crippen LogP contribution in [0.15, 0.2) is 195 Å². The van der Waals surface area contributed by atoms with E-state index in [0.717, 1.165) is 67.0 Å². The Bertz CT molecular complexity index is 3700. The van der Waals surface area contributed by atoms with Crippen LogP contribution in [0.5, 0.6) is 23.0 Å². The predicted octanol–water partition coefficient (Wildman–Crippen LogP) is 11.0. The fraction of sp³-hybridized carbons (Fsp3) is 0.0690. The van der Waals surface area contributed by atoms with Crippen molar-refractivity contribution in [3.8, 4) is 57.1 Å². The van der Waals surface area contributed by atoms with Crippen LogP contribution < -0.4 is 28.4 Å². The minimum absolute atomic E-state index is 0.554. The van der Waals surface area contributed by atoms with Crippen LogP contribution >= 0.6 is 0 Å². The van der Waals surface area contributed by atoms with Crippen LogP contribution in [-0.2, 0) is 0 Å². The quantitative estimate of drug-likeness (QED) is 0.0936. The summed E-state index contributed by atoms with van der Waals surface area (Å²) < 4.78 is 21.2. The molecule has 0 aliphatic carbocycles. The van der Waals surface area contributed by atoms with Gasteiger partial charge < -0.3 is 19.3 Å². The molecule has 12 rings (SSSR count). The number of hydrogen-bond acceptors (Lipinski definition) is 8. The number of ether oxygens (including phenoxy) is 2. The molecule has 70 heavy (non-hydrogen) atoms. The first-order valence-corrected chi connectivity index (χ1v) is 22.8. The lowest BCUT2D eigenvalue weighted by molar-refractivity contribution is -0.573. The third kappa shape index (κ3) is 7.72. The molecule has 0 aliphatic heterocycles. The molecule has 0 unspecified atom stereocenters. The standard InChI is InChI=1S/C58H44N10O2/c1-63(2)55-25-39-13-5-7-15-41(39)27-57(55)67-37-65(51-17-9-11-19-53(51)67)43-29-47(35-59-33-43)69-45-21-23-61-49(31-45)50-32-46(22-24-62-50)70-48-30-44(34-60-36-48)66-38-68(54-20-12-10-18-52(54)66)58-28-42-16-8-6-14-40(42)26-56(58)64(3)4/h5-36H,1-4H3. The van der Waals surface area contributed by atoms with E-state index in [2.05, 4.69) is 177 Å². The van der Waals surface area contributed by atoms with E-state index in [1.54, 1.807) is 24.8 Å². The van der Waals surface area contributed by atoms with E-state index in [1.165, 1.54) is 10.8 Å². The van der Waals surface area contributed by atoms with E-state index in [1.807, 2.05) is 82.2 Å². The number of benzene rings is 6. The molecular formula is C58H44N10O2. The summed E-state index contributed by atoms with van der Waals surface area (Å²) in [6, 6.07) is 53.5. The van der Waals surface area contributed by atoms with Gasteiger partial charge in [0.2, 0.25) is 0 Å². The van der Waals surface area contributed by atoms with Crippen molar-refractivity contribution in [3.05, 3.63) is 208 Å². The van der Waals surface area contributed by atoms with Gasteiger partial charge in [0, 0.05) is 76.5 Å². The molecule has 0 spiro atoms. The lowest BCUT2D eigenvalue weighted by Crippen LogP contribution is -2.29. The largest absolute Gasteiger partial charge is 0.456 e. The van der Waals surface area contributed by atoms with E-state index in [-0.39, 0.29) is 0 Å². The Balaban J connectivity index is 0.814. The van der Waals surface area contributed by atoms with Crippen LogP contribution in [0.4, 0.5) is 11.4 Å². The Kier molecular flexibility index (Phi) is 10.4. The fourth-order valence-corrected chi connectivity index (χ4v) is 9.04. The second kappa shape index (κ2) is 17.3. The van der Waals surface area contributed by atoms with Gasteiger partial charge in [-0.15, -0.1) is 0 Å². The molecule has 12 aromatic rings. The number of pyridine rings is 4. The highest BCUT2D eigenvalue weighted by Gasteiger charge is 2.20. The van der Waals surface area contributed by atoms with Gasteiger partial charge in [-0.1, -0.05) is 97.1 Å². The van der Waals surface area contributed by atoms with Gasteiger partial charge >= 0.3 is 0 Å².